The van der Waals surface area contributed by atoms with Gasteiger partial charge >= 0.3 is 0 Å². The van der Waals surface area contributed by atoms with Gasteiger partial charge in [0, 0.05) is 43.6 Å². The number of rotatable bonds is 6. The summed E-state index contributed by atoms with van der Waals surface area (Å²) < 4.78 is 0. The Kier molecular flexibility index (Phi) is 7.03. The van der Waals surface area contributed by atoms with Crippen molar-refractivity contribution in [3.05, 3.63) is 17.8 Å². The van der Waals surface area contributed by atoms with E-state index in [9.17, 15) is 0 Å². The van der Waals surface area contributed by atoms with E-state index in [1.165, 1.54) is 44.9 Å². The lowest BCUT2D eigenvalue weighted by Gasteiger charge is -2.36. The molecule has 0 amide bonds. The van der Waals surface area contributed by atoms with Gasteiger partial charge in [-0.25, -0.2) is 4.98 Å². The van der Waals surface area contributed by atoms with Gasteiger partial charge in [-0.15, -0.1) is 0 Å². The molecule has 2 fully saturated rings. The summed E-state index contributed by atoms with van der Waals surface area (Å²) in [6, 6.07) is 3.68. The molecule has 1 saturated carbocycles. The van der Waals surface area contributed by atoms with Crippen LogP contribution in [-0.2, 0) is 0 Å². The van der Waals surface area contributed by atoms with E-state index in [-0.39, 0.29) is 6.04 Å². The molecule has 1 unspecified atom stereocenters. The first-order valence-corrected chi connectivity index (χ1v) is 10.4. The highest BCUT2D eigenvalue weighted by Crippen LogP contribution is 2.30. The van der Waals surface area contributed by atoms with Crippen molar-refractivity contribution in [2.75, 3.05) is 18.0 Å². The zero-order chi connectivity index (χ0) is 18.4. The highest BCUT2D eigenvalue weighted by molar-refractivity contribution is 5.71. The molecule has 0 aromatic carbocycles. The van der Waals surface area contributed by atoms with Crippen LogP contribution in [0.25, 0.3) is 0 Å². The molecule has 0 bridgehead atoms. The van der Waals surface area contributed by atoms with E-state index in [1.807, 2.05) is 19.3 Å². The maximum Gasteiger partial charge on any atom is 0.154 e. The first-order valence-electron chi connectivity index (χ1n) is 10.4. The lowest BCUT2D eigenvalue weighted by molar-refractivity contribution is 0.307. The topological polar surface area (TPSA) is 66.5 Å². The third kappa shape index (κ3) is 5.52. The summed E-state index contributed by atoms with van der Waals surface area (Å²) >= 11 is 0. The van der Waals surface area contributed by atoms with Gasteiger partial charge in [0.2, 0.25) is 0 Å². The van der Waals surface area contributed by atoms with Crippen molar-refractivity contribution >= 4 is 17.7 Å². The fourth-order valence-corrected chi connectivity index (χ4v) is 4.06. The van der Waals surface area contributed by atoms with Crippen LogP contribution in [0.5, 0.6) is 0 Å². The molecule has 1 aliphatic carbocycles. The lowest BCUT2D eigenvalue weighted by atomic mass is 9.93. The van der Waals surface area contributed by atoms with Gasteiger partial charge in [-0.2, -0.15) is 0 Å². The summed E-state index contributed by atoms with van der Waals surface area (Å²) in [6.07, 6.45) is 14.0. The molecule has 1 saturated heterocycles. The number of piperidine rings is 1. The van der Waals surface area contributed by atoms with Crippen LogP contribution in [0.15, 0.2) is 17.3 Å². The molecule has 0 radical (unpaired) electrons. The number of aryl methyl sites for hydroxylation is 1. The molecule has 1 aromatic rings. The SMILES string of the molecule is Cc1cnc(N2CCC(NC3CCCCC3)CC2)c(N=CCC(C)N)c1. The quantitative estimate of drug-likeness (QED) is 0.762. The number of nitrogens with two attached hydrogens (primary N) is 1. The van der Waals surface area contributed by atoms with Gasteiger partial charge in [-0.3, -0.25) is 4.99 Å². The molecule has 2 heterocycles. The number of hydrogen-bond acceptors (Lipinski definition) is 5. The molecule has 5 nitrogen and oxygen atoms in total. The molecular weight excluding hydrogens is 322 g/mol. The second-order valence-electron chi connectivity index (χ2n) is 8.14. The molecule has 1 atom stereocenters. The standard InChI is InChI=1S/C21H35N5/c1-16-14-20(23-11-8-17(2)22)21(24-15-16)26-12-9-19(10-13-26)25-18-6-4-3-5-7-18/h11,14-15,17-19,25H,3-10,12-13,22H2,1-2H3. The third-order valence-corrected chi connectivity index (χ3v) is 5.56. The van der Waals surface area contributed by atoms with Crippen molar-refractivity contribution in [3.63, 3.8) is 0 Å². The zero-order valence-corrected chi connectivity index (χ0v) is 16.5. The van der Waals surface area contributed by atoms with E-state index in [1.54, 1.807) is 0 Å². The van der Waals surface area contributed by atoms with Crippen molar-refractivity contribution in [1.29, 1.82) is 0 Å². The van der Waals surface area contributed by atoms with Crippen molar-refractivity contribution in [2.45, 2.75) is 83.3 Å². The molecule has 0 spiro atoms. The van der Waals surface area contributed by atoms with Gasteiger partial charge in [0.1, 0.15) is 5.69 Å². The number of hydrogen-bond donors (Lipinski definition) is 2. The molecule has 5 heteroatoms. The Morgan fingerprint density at radius 2 is 1.92 bits per heavy atom. The Morgan fingerprint density at radius 3 is 2.62 bits per heavy atom. The van der Waals surface area contributed by atoms with Crippen LogP contribution in [0, 0.1) is 6.92 Å². The van der Waals surface area contributed by atoms with Crippen molar-refractivity contribution < 1.29 is 0 Å². The molecular formula is C21H35N5. The van der Waals surface area contributed by atoms with Crippen LogP contribution < -0.4 is 16.0 Å². The Balaban J connectivity index is 1.58. The predicted octanol–water partition coefficient (Wildman–Crippen LogP) is 3.72. The van der Waals surface area contributed by atoms with Crippen LogP contribution in [0.3, 0.4) is 0 Å². The third-order valence-electron chi connectivity index (χ3n) is 5.56. The second-order valence-corrected chi connectivity index (χ2v) is 8.14. The number of nitrogens with zero attached hydrogens (tertiary/aromatic N) is 3. The minimum atomic E-state index is 0.140. The van der Waals surface area contributed by atoms with E-state index < -0.39 is 0 Å². The normalized spacial score (nSPS) is 21.4. The number of aliphatic imine (C=N–C) groups is 1. The second kappa shape index (κ2) is 9.47. The number of pyridine rings is 1. The summed E-state index contributed by atoms with van der Waals surface area (Å²) in [6.45, 7) is 6.18. The fraction of sp³-hybridized carbons (Fsp3) is 0.714. The van der Waals surface area contributed by atoms with Crippen molar-refractivity contribution in [3.8, 4) is 0 Å². The molecule has 2 aliphatic rings. The number of nitrogens with one attached hydrogen (secondary N) is 1. The van der Waals surface area contributed by atoms with Gasteiger partial charge in [0.15, 0.2) is 5.82 Å². The van der Waals surface area contributed by atoms with Crippen LogP contribution >= 0.6 is 0 Å². The lowest BCUT2D eigenvalue weighted by Crippen LogP contribution is -2.47. The summed E-state index contributed by atoms with van der Waals surface area (Å²) in [4.78, 5) is 11.8. The van der Waals surface area contributed by atoms with E-state index >= 15 is 0 Å². The van der Waals surface area contributed by atoms with Crippen LogP contribution in [0.4, 0.5) is 11.5 Å². The van der Waals surface area contributed by atoms with Crippen molar-refractivity contribution in [2.24, 2.45) is 10.7 Å². The zero-order valence-electron chi connectivity index (χ0n) is 16.5. The van der Waals surface area contributed by atoms with Gasteiger partial charge in [0.25, 0.3) is 0 Å². The van der Waals surface area contributed by atoms with E-state index in [4.69, 9.17) is 10.7 Å². The minimum Gasteiger partial charge on any atom is -0.355 e. The Hall–Kier alpha value is -1.46. The molecule has 3 N–H and O–H groups in total. The largest absolute Gasteiger partial charge is 0.355 e. The maximum atomic E-state index is 5.84. The average molecular weight is 358 g/mol. The van der Waals surface area contributed by atoms with Gasteiger partial charge in [0.05, 0.1) is 0 Å². The molecule has 1 aliphatic heterocycles. The monoisotopic (exact) mass is 357 g/mol. The molecule has 3 rings (SSSR count). The summed E-state index contributed by atoms with van der Waals surface area (Å²) in [5.74, 6) is 1.02. The first kappa shape index (κ1) is 19.3. The molecule has 144 valence electrons. The van der Waals surface area contributed by atoms with Crippen molar-refractivity contribution in [1.82, 2.24) is 10.3 Å². The van der Waals surface area contributed by atoms with Crippen LogP contribution in [0.1, 0.15) is 63.9 Å². The smallest absolute Gasteiger partial charge is 0.154 e. The maximum absolute atomic E-state index is 5.84. The van der Waals surface area contributed by atoms with E-state index in [2.05, 4.69) is 28.2 Å². The molecule has 1 aromatic heterocycles. The van der Waals surface area contributed by atoms with Gasteiger partial charge in [-0.05, 0) is 57.6 Å². The first-order chi connectivity index (χ1) is 12.6. The summed E-state index contributed by atoms with van der Waals surface area (Å²) in [7, 11) is 0. The Labute approximate surface area is 158 Å². The number of anilines is 1. The highest BCUT2D eigenvalue weighted by atomic mass is 15.2. The summed E-state index contributed by atoms with van der Waals surface area (Å²) in [5.41, 5.74) is 7.96. The predicted molar refractivity (Wildman–Crippen MR) is 111 cm³/mol. The van der Waals surface area contributed by atoms with Gasteiger partial charge < -0.3 is 16.0 Å². The highest BCUT2D eigenvalue weighted by Gasteiger charge is 2.24. The Morgan fingerprint density at radius 1 is 1.23 bits per heavy atom. The summed E-state index contributed by atoms with van der Waals surface area (Å²) in [5, 5.41) is 3.91. The van der Waals surface area contributed by atoms with Crippen LogP contribution in [-0.4, -0.2) is 42.4 Å². The van der Waals surface area contributed by atoms with E-state index in [0.29, 0.717) is 6.04 Å². The number of aromatic nitrogens is 1. The van der Waals surface area contributed by atoms with Gasteiger partial charge in [-0.1, -0.05) is 19.3 Å². The average Bonchev–Trinajstić information content (AvgIpc) is 2.63. The Bertz CT molecular complexity index is 584. The van der Waals surface area contributed by atoms with Crippen LogP contribution in [0.2, 0.25) is 0 Å². The minimum absolute atomic E-state index is 0.140. The van der Waals surface area contributed by atoms with E-state index in [0.717, 1.165) is 42.6 Å². The fourth-order valence-electron chi connectivity index (χ4n) is 4.06. The molecule has 26 heavy (non-hydrogen) atoms.